The Bertz CT molecular complexity index is 326. The van der Waals surface area contributed by atoms with Crippen molar-refractivity contribution in [2.75, 3.05) is 12.3 Å². The van der Waals surface area contributed by atoms with Crippen molar-refractivity contribution >= 4 is 5.69 Å². The van der Waals surface area contributed by atoms with E-state index < -0.39 is 0 Å². The van der Waals surface area contributed by atoms with Gasteiger partial charge in [-0.15, -0.1) is 0 Å². The summed E-state index contributed by atoms with van der Waals surface area (Å²) in [6.07, 6.45) is 9.32. The average molecular weight is 236 g/mol. The molecule has 0 aliphatic rings. The predicted molar refractivity (Wildman–Crippen MR) is 72.3 cm³/mol. The summed E-state index contributed by atoms with van der Waals surface area (Å²) >= 11 is 0. The van der Waals surface area contributed by atoms with Crippen molar-refractivity contribution in [1.82, 2.24) is 4.98 Å². The molecule has 0 bridgehead atoms. The second-order valence-corrected chi connectivity index (χ2v) is 4.46. The van der Waals surface area contributed by atoms with Crippen LogP contribution in [-0.2, 0) is 0 Å². The largest absolute Gasteiger partial charge is 0.476 e. The molecular weight excluding hydrogens is 212 g/mol. The van der Waals surface area contributed by atoms with Crippen LogP contribution in [0.2, 0.25) is 0 Å². The maximum absolute atomic E-state index is 5.88. The van der Waals surface area contributed by atoms with Gasteiger partial charge in [-0.3, -0.25) is 0 Å². The fraction of sp³-hybridized carbons (Fsp3) is 0.643. The predicted octanol–water partition coefficient (Wildman–Crippen LogP) is 3.71. The minimum Gasteiger partial charge on any atom is -0.476 e. The zero-order valence-electron chi connectivity index (χ0n) is 11.0. The SMILES string of the molecule is CCCCCCCCOc1nccc(C)c1N. The van der Waals surface area contributed by atoms with E-state index in [1.54, 1.807) is 6.20 Å². The first-order valence-electron chi connectivity index (χ1n) is 6.59. The second-order valence-electron chi connectivity index (χ2n) is 4.46. The van der Waals surface area contributed by atoms with Gasteiger partial charge in [0, 0.05) is 6.20 Å². The third kappa shape index (κ3) is 5.07. The Balaban J connectivity index is 2.16. The molecule has 96 valence electrons. The molecule has 0 aromatic carbocycles. The van der Waals surface area contributed by atoms with Crippen molar-refractivity contribution < 1.29 is 4.74 Å². The minimum absolute atomic E-state index is 0.582. The first kappa shape index (κ1) is 13.8. The number of unbranched alkanes of at least 4 members (excludes halogenated alkanes) is 5. The summed E-state index contributed by atoms with van der Waals surface area (Å²) < 4.78 is 5.59. The summed E-state index contributed by atoms with van der Waals surface area (Å²) in [5.41, 5.74) is 7.57. The number of nitrogens with zero attached hydrogens (tertiary/aromatic N) is 1. The number of ether oxygens (including phenoxy) is 1. The highest BCUT2D eigenvalue weighted by Gasteiger charge is 2.03. The van der Waals surface area contributed by atoms with Crippen molar-refractivity contribution in [1.29, 1.82) is 0 Å². The number of aromatic nitrogens is 1. The molecule has 0 atom stereocenters. The number of aryl methyl sites for hydroxylation is 1. The summed E-state index contributed by atoms with van der Waals surface area (Å²) in [5.74, 6) is 0.582. The fourth-order valence-electron chi connectivity index (χ4n) is 1.71. The lowest BCUT2D eigenvalue weighted by molar-refractivity contribution is 0.295. The Morgan fingerprint density at radius 2 is 1.88 bits per heavy atom. The van der Waals surface area contributed by atoms with Crippen LogP contribution in [-0.4, -0.2) is 11.6 Å². The molecule has 3 heteroatoms. The summed E-state index contributed by atoms with van der Waals surface area (Å²) in [6.45, 7) is 4.91. The molecule has 0 saturated heterocycles. The number of pyridine rings is 1. The first-order chi connectivity index (χ1) is 8.25. The van der Waals surface area contributed by atoms with Crippen LogP contribution < -0.4 is 10.5 Å². The maximum atomic E-state index is 5.88. The van der Waals surface area contributed by atoms with Crippen LogP contribution in [0.4, 0.5) is 5.69 Å². The quantitative estimate of drug-likeness (QED) is 0.700. The summed E-state index contributed by atoms with van der Waals surface area (Å²) in [7, 11) is 0. The molecule has 3 nitrogen and oxygen atoms in total. The highest BCUT2D eigenvalue weighted by molar-refractivity contribution is 5.53. The number of rotatable bonds is 8. The van der Waals surface area contributed by atoms with E-state index in [4.69, 9.17) is 10.5 Å². The van der Waals surface area contributed by atoms with Crippen molar-refractivity contribution in [3.63, 3.8) is 0 Å². The lowest BCUT2D eigenvalue weighted by atomic mass is 10.1. The minimum atomic E-state index is 0.582. The molecule has 1 heterocycles. The normalized spacial score (nSPS) is 10.5. The van der Waals surface area contributed by atoms with Gasteiger partial charge in [0.25, 0.3) is 0 Å². The smallest absolute Gasteiger partial charge is 0.237 e. The fourth-order valence-corrected chi connectivity index (χ4v) is 1.71. The molecule has 2 N–H and O–H groups in total. The zero-order chi connectivity index (χ0) is 12.5. The second kappa shape index (κ2) is 7.93. The monoisotopic (exact) mass is 236 g/mol. The van der Waals surface area contributed by atoms with Gasteiger partial charge in [0.2, 0.25) is 5.88 Å². The summed E-state index contributed by atoms with van der Waals surface area (Å²) in [4.78, 5) is 4.14. The standard InChI is InChI=1S/C14H24N2O/c1-3-4-5-6-7-8-11-17-14-13(15)12(2)9-10-16-14/h9-10H,3-8,11,15H2,1-2H3. The van der Waals surface area contributed by atoms with Gasteiger partial charge in [-0.05, 0) is 25.0 Å². The lowest BCUT2D eigenvalue weighted by Gasteiger charge is -2.08. The van der Waals surface area contributed by atoms with E-state index in [1.165, 1.54) is 32.1 Å². The van der Waals surface area contributed by atoms with Gasteiger partial charge in [0.1, 0.15) is 0 Å². The van der Waals surface area contributed by atoms with Crippen LogP contribution in [0.1, 0.15) is 51.0 Å². The topological polar surface area (TPSA) is 48.1 Å². The van der Waals surface area contributed by atoms with E-state index >= 15 is 0 Å². The summed E-state index contributed by atoms with van der Waals surface area (Å²) in [5, 5.41) is 0. The Hall–Kier alpha value is -1.25. The highest BCUT2D eigenvalue weighted by atomic mass is 16.5. The molecule has 0 aliphatic carbocycles. The Morgan fingerprint density at radius 1 is 1.18 bits per heavy atom. The molecular formula is C14H24N2O. The van der Waals surface area contributed by atoms with Gasteiger partial charge in [-0.25, -0.2) is 4.98 Å². The van der Waals surface area contributed by atoms with Crippen LogP contribution in [0.15, 0.2) is 12.3 Å². The molecule has 1 aromatic rings. The number of nitrogen functional groups attached to an aromatic ring is 1. The van der Waals surface area contributed by atoms with E-state index in [9.17, 15) is 0 Å². The van der Waals surface area contributed by atoms with Gasteiger partial charge in [-0.2, -0.15) is 0 Å². The Kier molecular flexibility index (Phi) is 6.45. The lowest BCUT2D eigenvalue weighted by Crippen LogP contribution is -2.03. The Labute approximate surface area is 104 Å². The number of hydrogen-bond acceptors (Lipinski definition) is 3. The first-order valence-corrected chi connectivity index (χ1v) is 6.59. The van der Waals surface area contributed by atoms with Gasteiger partial charge < -0.3 is 10.5 Å². The van der Waals surface area contributed by atoms with Gasteiger partial charge in [-0.1, -0.05) is 39.0 Å². The number of hydrogen-bond donors (Lipinski definition) is 1. The Morgan fingerprint density at radius 3 is 2.65 bits per heavy atom. The molecule has 0 unspecified atom stereocenters. The molecule has 17 heavy (non-hydrogen) atoms. The average Bonchev–Trinajstić information content (AvgIpc) is 2.33. The van der Waals surface area contributed by atoms with Gasteiger partial charge in [0.15, 0.2) is 0 Å². The van der Waals surface area contributed by atoms with Crippen molar-refractivity contribution in [2.45, 2.75) is 52.4 Å². The molecule has 0 spiro atoms. The number of anilines is 1. The third-order valence-electron chi connectivity index (χ3n) is 2.91. The molecule has 0 radical (unpaired) electrons. The van der Waals surface area contributed by atoms with E-state index in [-0.39, 0.29) is 0 Å². The van der Waals surface area contributed by atoms with Crippen LogP contribution in [0, 0.1) is 6.92 Å². The molecule has 0 fully saturated rings. The van der Waals surface area contributed by atoms with Crippen molar-refractivity contribution in [2.24, 2.45) is 0 Å². The van der Waals surface area contributed by atoms with Gasteiger partial charge >= 0.3 is 0 Å². The van der Waals surface area contributed by atoms with Crippen LogP contribution in [0.3, 0.4) is 0 Å². The maximum Gasteiger partial charge on any atom is 0.237 e. The molecule has 0 amide bonds. The highest BCUT2D eigenvalue weighted by Crippen LogP contribution is 2.21. The molecule has 0 aliphatic heterocycles. The van der Waals surface area contributed by atoms with Crippen LogP contribution >= 0.6 is 0 Å². The van der Waals surface area contributed by atoms with E-state index in [0.29, 0.717) is 18.2 Å². The van der Waals surface area contributed by atoms with E-state index in [2.05, 4.69) is 11.9 Å². The number of nitrogens with two attached hydrogens (primary N) is 1. The molecule has 1 aromatic heterocycles. The zero-order valence-corrected chi connectivity index (χ0v) is 11.0. The van der Waals surface area contributed by atoms with Gasteiger partial charge in [0.05, 0.1) is 12.3 Å². The van der Waals surface area contributed by atoms with Crippen LogP contribution in [0.25, 0.3) is 0 Å². The molecule has 0 saturated carbocycles. The van der Waals surface area contributed by atoms with Crippen LogP contribution in [0.5, 0.6) is 5.88 Å². The van der Waals surface area contributed by atoms with E-state index in [0.717, 1.165) is 12.0 Å². The van der Waals surface area contributed by atoms with E-state index in [1.807, 2.05) is 13.0 Å². The summed E-state index contributed by atoms with van der Waals surface area (Å²) in [6, 6.07) is 1.90. The van der Waals surface area contributed by atoms with Crippen molar-refractivity contribution in [3.05, 3.63) is 17.8 Å². The third-order valence-corrected chi connectivity index (χ3v) is 2.91. The van der Waals surface area contributed by atoms with Crippen molar-refractivity contribution in [3.8, 4) is 5.88 Å². The molecule has 1 rings (SSSR count).